The molecule has 1 atom stereocenters. The first-order valence-corrected chi connectivity index (χ1v) is 6.19. The Kier molecular flexibility index (Phi) is 4.00. The van der Waals surface area contributed by atoms with Crippen molar-refractivity contribution in [2.75, 3.05) is 7.05 Å². The van der Waals surface area contributed by atoms with Crippen molar-refractivity contribution in [3.8, 4) is 0 Å². The highest BCUT2D eigenvalue weighted by Crippen LogP contribution is 2.28. The zero-order chi connectivity index (χ0) is 13.1. The molecule has 1 unspecified atom stereocenters. The Bertz CT molecular complexity index is 554. The molecule has 2 rings (SSSR count). The maximum Gasteiger partial charge on any atom is 0.126 e. The Balaban J connectivity index is 2.45. The molecule has 0 saturated heterocycles. The van der Waals surface area contributed by atoms with Crippen LogP contribution in [0.15, 0.2) is 42.5 Å². The Hall–Kier alpha value is -1.38. The zero-order valence-electron chi connectivity index (χ0n) is 10.4. The maximum absolute atomic E-state index is 13.3. The number of halogens is 2. The van der Waals surface area contributed by atoms with Gasteiger partial charge in [0.2, 0.25) is 0 Å². The second-order valence-corrected chi connectivity index (χ2v) is 4.66. The van der Waals surface area contributed by atoms with Crippen molar-refractivity contribution in [2.24, 2.45) is 0 Å². The summed E-state index contributed by atoms with van der Waals surface area (Å²) in [6.07, 6.45) is 0. The number of aryl methyl sites for hydroxylation is 1. The minimum absolute atomic E-state index is 0.0296. The summed E-state index contributed by atoms with van der Waals surface area (Å²) in [7, 11) is 1.87. The summed E-state index contributed by atoms with van der Waals surface area (Å²) in [5, 5.41) is 3.92. The van der Waals surface area contributed by atoms with Gasteiger partial charge in [-0.1, -0.05) is 41.9 Å². The molecule has 0 aliphatic heterocycles. The van der Waals surface area contributed by atoms with Gasteiger partial charge >= 0.3 is 0 Å². The van der Waals surface area contributed by atoms with Crippen LogP contribution < -0.4 is 5.32 Å². The molecule has 18 heavy (non-hydrogen) atoms. The summed E-state index contributed by atoms with van der Waals surface area (Å²) in [6.45, 7) is 1.76. The van der Waals surface area contributed by atoms with E-state index in [-0.39, 0.29) is 11.9 Å². The van der Waals surface area contributed by atoms with E-state index in [1.54, 1.807) is 13.0 Å². The van der Waals surface area contributed by atoms with Crippen LogP contribution in [0.2, 0.25) is 5.02 Å². The lowest BCUT2D eigenvalue weighted by molar-refractivity contribution is 0.614. The molecule has 1 N–H and O–H groups in total. The van der Waals surface area contributed by atoms with E-state index >= 15 is 0 Å². The van der Waals surface area contributed by atoms with E-state index in [0.29, 0.717) is 10.6 Å². The van der Waals surface area contributed by atoms with E-state index in [9.17, 15) is 4.39 Å². The van der Waals surface area contributed by atoms with Crippen LogP contribution >= 0.6 is 11.6 Å². The predicted molar refractivity (Wildman–Crippen MR) is 73.5 cm³/mol. The molecule has 0 amide bonds. The van der Waals surface area contributed by atoms with Crippen molar-refractivity contribution in [1.82, 2.24) is 5.32 Å². The highest BCUT2D eigenvalue weighted by molar-refractivity contribution is 6.31. The zero-order valence-corrected chi connectivity index (χ0v) is 11.1. The SMILES string of the molecule is CNC(c1ccc(F)c(C)c1)c1ccccc1Cl. The Morgan fingerprint density at radius 3 is 2.50 bits per heavy atom. The number of hydrogen-bond acceptors (Lipinski definition) is 1. The minimum Gasteiger partial charge on any atom is -0.309 e. The Morgan fingerprint density at radius 2 is 1.89 bits per heavy atom. The first-order chi connectivity index (χ1) is 8.63. The van der Waals surface area contributed by atoms with Crippen molar-refractivity contribution in [1.29, 1.82) is 0 Å². The lowest BCUT2D eigenvalue weighted by Gasteiger charge is -2.19. The van der Waals surface area contributed by atoms with Crippen LogP contribution in [0, 0.1) is 12.7 Å². The third-order valence-electron chi connectivity index (χ3n) is 3.02. The van der Waals surface area contributed by atoms with Gasteiger partial charge in [-0.3, -0.25) is 0 Å². The van der Waals surface area contributed by atoms with Gasteiger partial charge in [0.15, 0.2) is 0 Å². The van der Waals surface area contributed by atoms with Gasteiger partial charge in [-0.25, -0.2) is 4.39 Å². The molecule has 0 spiro atoms. The van der Waals surface area contributed by atoms with E-state index in [2.05, 4.69) is 5.32 Å². The van der Waals surface area contributed by atoms with Gasteiger partial charge in [0, 0.05) is 5.02 Å². The predicted octanol–water partition coefficient (Wildman–Crippen LogP) is 4.10. The van der Waals surface area contributed by atoms with Crippen LogP contribution in [0.25, 0.3) is 0 Å². The lowest BCUT2D eigenvalue weighted by atomic mass is 9.97. The van der Waals surface area contributed by atoms with Crippen LogP contribution in [-0.4, -0.2) is 7.05 Å². The molecule has 0 bridgehead atoms. The fraction of sp³-hybridized carbons (Fsp3) is 0.200. The molecule has 0 radical (unpaired) electrons. The normalized spacial score (nSPS) is 12.4. The van der Waals surface area contributed by atoms with Crippen molar-refractivity contribution in [3.63, 3.8) is 0 Å². The maximum atomic E-state index is 13.3. The van der Waals surface area contributed by atoms with E-state index in [1.165, 1.54) is 6.07 Å². The van der Waals surface area contributed by atoms with Crippen LogP contribution in [0.3, 0.4) is 0 Å². The molecule has 2 aromatic carbocycles. The standard InChI is InChI=1S/C15H15ClFN/c1-10-9-11(7-8-14(10)17)15(18-2)12-5-3-4-6-13(12)16/h3-9,15,18H,1-2H3. The summed E-state index contributed by atoms with van der Waals surface area (Å²) in [5.74, 6) is -0.187. The molecule has 0 saturated carbocycles. The lowest BCUT2D eigenvalue weighted by Crippen LogP contribution is -2.18. The molecule has 0 heterocycles. The minimum atomic E-state index is -0.187. The quantitative estimate of drug-likeness (QED) is 0.879. The average Bonchev–Trinajstić information content (AvgIpc) is 2.37. The van der Waals surface area contributed by atoms with Crippen molar-refractivity contribution < 1.29 is 4.39 Å². The first kappa shape index (κ1) is 13.1. The summed E-state index contributed by atoms with van der Waals surface area (Å²) < 4.78 is 13.3. The molecule has 2 aromatic rings. The van der Waals surface area contributed by atoms with Gasteiger partial charge in [-0.15, -0.1) is 0 Å². The molecule has 0 aliphatic rings. The van der Waals surface area contributed by atoms with E-state index in [1.807, 2.05) is 37.4 Å². The third-order valence-corrected chi connectivity index (χ3v) is 3.36. The monoisotopic (exact) mass is 263 g/mol. The van der Waals surface area contributed by atoms with Gasteiger partial charge in [0.25, 0.3) is 0 Å². The number of nitrogens with one attached hydrogen (secondary N) is 1. The van der Waals surface area contributed by atoms with Crippen LogP contribution in [0.4, 0.5) is 4.39 Å². The van der Waals surface area contributed by atoms with Gasteiger partial charge in [-0.2, -0.15) is 0 Å². The summed E-state index contributed by atoms with van der Waals surface area (Å²) >= 11 is 6.20. The van der Waals surface area contributed by atoms with Gasteiger partial charge in [0.05, 0.1) is 6.04 Å². The highest BCUT2D eigenvalue weighted by Gasteiger charge is 2.15. The second-order valence-electron chi connectivity index (χ2n) is 4.25. The summed E-state index contributed by atoms with van der Waals surface area (Å²) in [5.41, 5.74) is 2.64. The van der Waals surface area contributed by atoms with Gasteiger partial charge in [0.1, 0.15) is 5.82 Å². The van der Waals surface area contributed by atoms with E-state index in [4.69, 9.17) is 11.6 Å². The smallest absolute Gasteiger partial charge is 0.126 e. The first-order valence-electron chi connectivity index (χ1n) is 5.81. The summed E-state index contributed by atoms with van der Waals surface area (Å²) in [4.78, 5) is 0. The summed E-state index contributed by atoms with van der Waals surface area (Å²) in [6, 6.07) is 12.8. The molecular formula is C15H15ClFN. The second kappa shape index (κ2) is 5.51. The number of hydrogen-bond donors (Lipinski definition) is 1. The van der Waals surface area contributed by atoms with Gasteiger partial charge < -0.3 is 5.32 Å². The fourth-order valence-corrected chi connectivity index (χ4v) is 2.30. The van der Waals surface area contributed by atoms with Crippen molar-refractivity contribution in [2.45, 2.75) is 13.0 Å². The Morgan fingerprint density at radius 1 is 1.17 bits per heavy atom. The molecule has 1 nitrogen and oxygen atoms in total. The topological polar surface area (TPSA) is 12.0 Å². The number of benzene rings is 2. The molecule has 0 fully saturated rings. The molecule has 3 heteroatoms. The largest absolute Gasteiger partial charge is 0.309 e. The van der Waals surface area contributed by atoms with Gasteiger partial charge in [-0.05, 0) is 42.8 Å². The third kappa shape index (κ3) is 2.55. The fourth-order valence-electron chi connectivity index (χ4n) is 2.06. The molecule has 94 valence electrons. The Labute approximate surface area is 112 Å². The van der Waals surface area contributed by atoms with Crippen LogP contribution in [0.1, 0.15) is 22.7 Å². The highest BCUT2D eigenvalue weighted by atomic mass is 35.5. The van der Waals surface area contributed by atoms with Crippen molar-refractivity contribution in [3.05, 3.63) is 70.0 Å². The van der Waals surface area contributed by atoms with Crippen LogP contribution in [-0.2, 0) is 0 Å². The van der Waals surface area contributed by atoms with E-state index in [0.717, 1.165) is 11.1 Å². The van der Waals surface area contributed by atoms with E-state index < -0.39 is 0 Å². The average molecular weight is 264 g/mol. The molecule has 0 aliphatic carbocycles. The molecule has 0 aromatic heterocycles. The molecular weight excluding hydrogens is 249 g/mol. The van der Waals surface area contributed by atoms with Crippen molar-refractivity contribution >= 4 is 11.6 Å². The van der Waals surface area contributed by atoms with Crippen LogP contribution in [0.5, 0.6) is 0 Å². The number of rotatable bonds is 3.